The van der Waals surface area contributed by atoms with Crippen molar-refractivity contribution in [3.63, 3.8) is 0 Å². The van der Waals surface area contributed by atoms with E-state index in [1.807, 2.05) is 18.2 Å². The third-order valence-corrected chi connectivity index (χ3v) is 2.66. The van der Waals surface area contributed by atoms with Crippen molar-refractivity contribution in [3.8, 4) is 0 Å². The van der Waals surface area contributed by atoms with Crippen LogP contribution in [0.3, 0.4) is 0 Å². The van der Waals surface area contributed by atoms with Crippen LogP contribution in [-0.4, -0.2) is 13.1 Å². The van der Waals surface area contributed by atoms with Gasteiger partial charge in [-0.3, -0.25) is 0 Å². The smallest absolute Gasteiger partial charge is 0.338 e. The van der Waals surface area contributed by atoms with Crippen LogP contribution in [0.1, 0.15) is 28.8 Å². The molecule has 2 N–H and O–H groups in total. The first kappa shape index (κ1) is 12.0. The van der Waals surface area contributed by atoms with Gasteiger partial charge in [-0.25, -0.2) is 4.79 Å². The lowest BCUT2D eigenvalue weighted by molar-refractivity contribution is 0.0598. The van der Waals surface area contributed by atoms with Gasteiger partial charge in [0.25, 0.3) is 0 Å². The zero-order valence-electron chi connectivity index (χ0n) is 8.53. The number of methoxy groups -OCH3 is 1. The van der Waals surface area contributed by atoms with Crippen molar-refractivity contribution in [2.75, 3.05) is 7.11 Å². The molecule has 0 aliphatic heterocycles. The average molecular weight is 228 g/mol. The summed E-state index contributed by atoms with van der Waals surface area (Å²) >= 11 is 0. The van der Waals surface area contributed by atoms with Crippen LogP contribution in [0.4, 0.5) is 0 Å². The Morgan fingerprint density at radius 3 is 2.53 bits per heavy atom. The Balaban J connectivity index is 0.00000112. The number of halogens is 1. The number of hydrogen-bond acceptors (Lipinski definition) is 3. The Bertz CT molecular complexity index is 375. The van der Waals surface area contributed by atoms with Crippen LogP contribution in [0.25, 0.3) is 0 Å². The minimum absolute atomic E-state index is 0. The van der Waals surface area contributed by atoms with E-state index in [4.69, 9.17) is 10.5 Å². The molecule has 3 nitrogen and oxygen atoms in total. The number of ether oxygens (including phenoxy) is 1. The van der Waals surface area contributed by atoms with Gasteiger partial charge in [-0.15, -0.1) is 12.4 Å². The second kappa shape index (κ2) is 4.21. The molecule has 0 unspecified atom stereocenters. The van der Waals surface area contributed by atoms with E-state index in [0.29, 0.717) is 5.56 Å². The number of nitrogens with two attached hydrogens (primary N) is 1. The summed E-state index contributed by atoms with van der Waals surface area (Å²) in [5.74, 6) is -0.308. The highest BCUT2D eigenvalue weighted by Gasteiger charge is 2.42. The molecular formula is C11H14ClNO2. The van der Waals surface area contributed by atoms with Crippen LogP contribution in [0, 0.1) is 0 Å². The van der Waals surface area contributed by atoms with Crippen LogP contribution in [0.15, 0.2) is 24.3 Å². The Morgan fingerprint density at radius 1 is 1.40 bits per heavy atom. The Morgan fingerprint density at radius 2 is 2.00 bits per heavy atom. The molecule has 82 valence electrons. The van der Waals surface area contributed by atoms with Crippen molar-refractivity contribution in [1.29, 1.82) is 0 Å². The van der Waals surface area contributed by atoms with Crippen molar-refractivity contribution in [1.82, 2.24) is 0 Å². The molecule has 1 aromatic carbocycles. The maximum absolute atomic E-state index is 11.4. The van der Waals surface area contributed by atoms with Gasteiger partial charge in [-0.05, 0) is 24.5 Å². The van der Waals surface area contributed by atoms with E-state index >= 15 is 0 Å². The van der Waals surface area contributed by atoms with E-state index in [9.17, 15) is 4.79 Å². The summed E-state index contributed by atoms with van der Waals surface area (Å²) in [5.41, 5.74) is 7.27. The molecule has 1 aliphatic carbocycles. The first-order valence-electron chi connectivity index (χ1n) is 4.64. The lowest BCUT2D eigenvalue weighted by atomic mass is 9.99. The molecule has 1 fully saturated rings. The Labute approximate surface area is 95.0 Å². The highest BCUT2D eigenvalue weighted by molar-refractivity contribution is 5.91. The van der Waals surface area contributed by atoms with Crippen LogP contribution < -0.4 is 5.73 Å². The predicted molar refractivity (Wildman–Crippen MR) is 60.1 cm³/mol. The van der Waals surface area contributed by atoms with E-state index in [2.05, 4.69) is 0 Å². The molecule has 0 spiro atoms. The summed E-state index contributed by atoms with van der Waals surface area (Å²) in [4.78, 5) is 11.4. The first-order valence-corrected chi connectivity index (χ1v) is 4.64. The van der Waals surface area contributed by atoms with Crippen molar-refractivity contribution in [2.45, 2.75) is 18.4 Å². The second-order valence-corrected chi connectivity index (χ2v) is 3.69. The van der Waals surface area contributed by atoms with Crippen LogP contribution in [-0.2, 0) is 10.3 Å². The lowest BCUT2D eigenvalue weighted by Gasteiger charge is -2.12. The standard InChI is InChI=1S/C11H13NO2.ClH/c1-14-10(13)8-4-2-3-5-9(8)11(12)6-7-11;/h2-5H,6-7,12H2,1H3;1H. The maximum atomic E-state index is 11.4. The van der Waals surface area contributed by atoms with E-state index in [-0.39, 0.29) is 23.9 Å². The van der Waals surface area contributed by atoms with Crippen molar-refractivity contribution >= 4 is 18.4 Å². The fourth-order valence-electron chi connectivity index (χ4n) is 1.61. The Kier molecular flexibility index (Phi) is 3.37. The van der Waals surface area contributed by atoms with Crippen molar-refractivity contribution in [2.24, 2.45) is 5.73 Å². The van der Waals surface area contributed by atoms with Crippen LogP contribution in [0.5, 0.6) is 0 Å². The molecule has 1 saturated carbocycles. The lowest BCUT2D eigenvalue weighted by Crippen LogP contribution is -2.22. The molecule has 0 bridgehead atoms. The summed E-state index contributed by atoms with van der Waals surface area (Å²) in [6.07, 6.45) is 1.89. The zero-order valence-corrected chi connectivity index (χ0v) is 9.34. The van der Waals surface area contributed by atoms with Gasteiger partial charge in [0.2, 0.25) is 0 Å². The van der Waals surface area contributed by atoms with E-state index in [1.54, 1.807) is 6.07 Å². The molecule has 0 heterocycles. The monoisotopic (exact) mass is 227 g/mol. The second-order valence-electron chi connectivity index (χ2n) is 3.69. The van der Waals surface area contributed by atoms with E-state index < -0.39 is 0 Å². The van der Waals surface area contributed by atoms with E-state index in [1.165, 1.54) is 7.11 Å². The van der Waals surface area contributed by atoms with Gasteiger partial charge in [-0.2, -0.15) is 0 Å². The molecule has 0 saturated heterocycles. The quantitative estimate of drug-likeness (QED) is 0.785. The number of esters is 1. The summed E-state index contributed by atoms with van der Waals surface area (Å²) in [7, 11) is 1.38. The normalized spacial score (nSPS) is 16.4. The van der Waals surface area contributed by atoms with Gasteiger partial charge in [0.1, 0.15) is 0 Å². The largest absolute Gasteiger partial charge is 0.465 e. The Hall–Kier alpha value is -1.06. The highest BCUT2D eigenvalue weighted by Crippen LogP contribution is 2.44. The highest BCUT2D eigenvalue weighted by atomic mass is 35.5. The van der Waals surface area contributed by atoms with Crippen LogP contribution >= 0.6 is 12.4 Å². The summed E-state index contributed by atoms with van der Waals surface area (Å²) in [6, 6.07) is 7.38. The topological polar surface area (TPSA) is 52.3 Å². The number of carbonyl (C=O) groups is 1. The maximum Gasteiger partial charge on any atom is 0.338 e. The van der Waals surface area contributed by atoms with E-state index in [0.717, 1.165) is 18.4 Å². The summed E-state index contributed by atoms with van der Waals surface area (Å²) < 4.78 is 4.71. The number of benzene rings is 1. The van der Waals surface area contributed by atoms with Crippen LogP contribution in [0.2, 0.25) is 0 Å². The fraction of sp³-hybridized carbons (Fsp3) is 0.364. The zero-order chi connectivity index (χ0) is 10.2. The molecule has 2 rings (SSSR count). The van der Waals surface area contributed by atoms with Crippen molar-refractivity contribution < 1.29 is 9.53 Å². The SMILES string of the molecule is COC(=O)c1ccccc1C1(N)CC1.Cl. The molecule has 0 amide bonds. The third-order valence-electron chi connectivity index (χ3n) is 2.66. The molecule has 15 heavy (non-hydrogen) atoms. The minimum Gasteiger partial charge on any atom is -0.465 e. The number of carbonyl (C=O) groups excluding carboxylic acids is 1. The molecule has 4 heteroatoms. The molecule has 0 aromatic heterocycles. The van der Waals surface area contributed by atoms with Gasteiger partial charge in [0.15, 0.2) is 0 Å². The molecule has 1 aromatic rings. The predicted octanol–water partition coefficient (Wildman–Crippen LogP) is 1.84. The molecular weight excluding hydrogens is 214 g/mol. The fourth-order valence-corrected chi connectivity index (χ4v) is 1.61. The van der Waals surface area contributed by atoms with Gasteiger partial charge < -0.3 is 10.5 Å². The van der Waals surface area contributed by atoms with Gasteiger partial charge in [0, 0.05) is 5.54 Å². The summed E-state index contributed by atoms with van der Waals surface area (Å²) in [5, 5.41) is 0. The minimum atomic E-state index is -0.308. The number of rotatable bonds is 2. The van der Waals surface area contributed by atoms with Gasteiger partial charge in [-0.1, -0.05) is 18.2 Å². The molecule has 0 radical (unpaired) electrons. The van der Waals surface area contributed by atoms with Gasteiger partial charge in [0.05, 0.1) is 12.7 Å². The van der Waals surface area contributed by atoms with Crippen molar-refractivity contribution in [3.05, 3.63) is 35.4 Å². The number of hydrogen-bond donors (Lipinski definition) is 1. The average Bonchev–Trinajstić information content (AvgIpc) is 2.97. The third kappa shape index (κ3) is 2.13. The molecule has 1 aliphatic rings. The summed E-state index contributed by atoms with van der Waals surface area (Å²) in [6.45, 7) is 0. The van der Waals surface area contributed by atoms with Gasteiger partial charge >= 0.3 is 5.97 Å². The first-order chi connectivity index (χ1) is 6.67. The molecule has 0 atom stereocenters.